The molecule has 1 aliphatic carbocycles. The molecule has 0 aromatic carbocycles. The zero-order chi connectivity index (χ0) is 14.4. The highest BCUT2D eigenvalue weighted by Crippen LogP contribution is 2.38. The molecule has 3 N–H and O–H groups in total. The summed E-state index contributed by atoms with van der Waals surface area (Å²) >= 11 is 0. The molecule has 1 unspecified atom stereocenters. The van der Waals surface area contributed by atoms with Crippen LogP contribution in [0.5, 0.6) is 0 Å². The van der Waals surface area contributed by atoms with Crippen molar-refractivity contribution in [1.82, 2.24) is 10.4 Å². The van der Waals surface area contributed by atoms with Gasteiger partial charge in [0.1, 0.15) is 0 Å². The van der Waals surface area contributed by atoms with Crippen LogP contribution in [-0.2, 0) is 11.2 Å². The molecule has 0 aliphatic heterocycles. The smallest absolute Gasteiger partial charge is 0.0851 e. The molecule has 1 aromatic rings. The average Bonchev–Trinajstić information content (AvgIpc) is 2.49. The lowest BCUT2D eigenvalue weighted by molar-refractivity contribution is -0.0961. The van der Waals surface area contributed by atoms with Crippen LogP contribution < -0.4 is 11.3 Å². The first-order valence-corrected chi connectivity index (χ1v) is 7.69. The molecule has 4 heteroatoms. The molecular formula is C16H27N3O. The summed E-state index contributed by atoms with van der Waals surface area (Å²) in [6, 6.07) is 4.21. The van der Waals surface area contributed by atoms with E-state index in [-0.39, 0.29) is 11.6 Å². The van der Waals surface area contributed by atoms with Gasteiger partial charge in [0.05, 0.1) is 11.6 Å². The molecule has 0 saturated heterocycles. The van der Waals surface area contributed by atoms with E-state index in [1.165, 1.54) is 18.4 Å². The normalized spacial score (nSPS) is 28.2. The van der Waals surface area contributed by atoms with E-state index in [9.17, 15) is 0 Å². The molecule has 1 aromatic heterocycles. The number of aromatic nitrogens is 1. The maximum atomic E-state index is 6.18. The first-order valence-electron chi connectivity index (χ1n) is 7.69. The molecule has 1 aliphatic rings. The van der Waals surface area contributed by atoms with E-state index in [4.69, 9.17) is 10.6 Å². The summed E-state index contributed by atoms with van der Waals surface area (Å²) in [5.41, 5.74) is 4.08. The van der Waals surface area contributed by atoms with E-state index >= 15 is 0 Å². The molecule has 0 bridgehead atoms. The molecule has 20 heavy (non-hydrogen) atoms. The van der Waals surface area contributed by atoms with Gasteiger partial charge in [0.15, 0.2) is 0 Å². The largest absolute Gasteiger partial charge is 0.374 e. The van der Waals surface area contributed by atoms with Crippen LogP contribution in [0, 0.1) is 5.92 Å². The number of pyridine rings is 1. The highest BCUT2D eigenvalue weighted by molar-refractivity contribution is 5.13. The summed E-state index contributed by atoms with van der Waals surface area (Å²) in [5.74, 6) is 6.64. The predicted octanol–water partition coefficient (Wildman–Crippen LogP) is 2.44. The zero-order valence-electron chi connectivity index (χ0n) is 12.6. The topological polar surface area (TPSA) is 60.2 Å². The van der Waals surface area contributed by atoms with Crippen LogP contribution in [0.15, 0.2) is 24.5 Å². The Bertz CT molecular complexity index is 388. The fourth-order valence-corrected chi connectivity index (χ4v) is 3.28. The van der Waals surface area contributed by atoms with Crippen LogP contribution in [-0.4, -0.2) is 23.2 Å². The third kappa shape index (κ3) is 3.57. The van der Waals surface area contributed by atoms with Gasteiger partial charge >= 0.3 is 0 Å². The molecule has 1 fully saturated rings. The molecule has 0 radical (unpaired) electrons. The lowest BCUT2D eigenvalue weighted by Gasteiger charge is -2.44. The number of nitrogens with two attached hydrogens (primary N) is 1. The second-order valence-corrected chi connectivity index (χ2v) is 5.96. The van der Waals surface area contributed by atoms with Gasteiger partial charge in [-0.3, -0.25) is 16.3 Å². The van der Waals surface area contributed by atoms with Crippen LogP contribution in [0.3, 0.4) is 0 Å². The fourth-order valence-electron chi connectivity index (χ4n) is 3.28. The highest BCUT2D eigenvalue weighted by Gasteiger charge is 2.41. The summed E-state index contributed by atoms with van der Waals surface area (Å²) < 4.78 is 6.18. The lowest BCUT2D eigenvalue weighted by atomic mass is 9.74. The van der Waals surface area contributed by atoms with E-state index in [1.54, 1.807) is 6.20 Å². The summed E-state index contributed by atoms with van der Waals surface area (Å²) in [6.45, 7) is 5.12. The number of hydrogen-bond acceptors (Lipinski definition) is 4. The number of hydrazine groups is 1. The van der Waals surface area contributed by atoms with Gasteiger partial charge in [-0.05, 0) is 56.6 Å². The number of hydrogen-bond donors (Lipinski definition) is 2. The monoisotopic (exact) mass is 277 g/mol. The van der Waals surface area contributed by atoms with E-state index in [0.29, 0.717) is 0 Å². The number of nitrogens with one attached hydrogen (secondary N) is 1. The Kier molecular flexibility index (Phi) is 5.52. The Labute approximate surface area is 122 Å². The van der Waals surface area contributed by atoms with Gasteiger partial charge in [0.25, 0.3) is 0 Å². The van der Waals surface area contributed by atoms with Crippen LogP contribution >= 0.6 is 0 Å². The first kappa shape index (κ1) is 15.4. The second-order valence-electron chi connectivity index (χ2n) is 5.96. The number of nitrogens with zero attached hydrogens (tertiary/aromatic N) is 1. The van der Waals surface area contributed by atoms with E-state index in [2.05, 4.69) is 30.3 Å². The van der Waals surface area contributed by atoms with Crippen LogP contribution in [0.25, 0.3) is 0 Å². The first-order chi connectivity index (χ1) is 9.70. The Hall–Kier alpha value is -0.970. The summed E-state index contributed by atoms with van der Waals surface area (Å²) in [6.07, 6.45) is 9.16. The van der Waals surface area contributed by atoms with Crippen molar-refractivity contribution in [2.75, 3.05) is 6.61 Å². The van der Waals surface area contributed by atoms with E-state index < -0.39 is 0 Å². The summed E-state index contributed by atoms with van der Waals surface area (Å²) in [7, 11) is 0. The van der Waals surface area contributed by atoms with Crippen molar-refractivity contribution in [2.45, 2.75) is 57.6 Å². The maximum absolute atomic E-state index is 6.18. The van der Waals surface area contributed by atoms with Gasteiger partial charge in [-0.15, -0.1) is 0 Å². The Morgan fingerprint density at radius 3 is 2.80 bits per heavy atom. The number of ether oxygens (including phenoxy) is 1. The maximum Gasteiger partial charge on any atom is 0.0851 e. The van der Waals surface area contributed by atoms with Gasteiger partial charge in [-0.1, -0.05) is 13.0 Å². The van der Waals surface area contributed by atoms with Crippen molar-refractivity contribution >= 4 is 0 Å². The summed E-state index contributed by atoms with van der Waals surface area (Å²) in [4.78, 5) is 4.19. The van der Waals surface area contributed by atoms with Crippen molar-refractivity contribution in [3.05, 3.63) is 30.1 Å². The van der Waals surface area contributed by atoms with Gasteiger partial charge < -0.3 is 4.74 Å². The molecule has 1 heterocycles. The quantitative estimate of drug-likeness (QED) is 0.619. The van der Waals surface area contributed by atoms with Crippen molar-refractivity contribution in [2.24, 2.45) is 11.8 Å². The minimum Gasteiger partial charge on any atom is -0.374 e. The van der Waals surface area contributed by atoms with Crippen molar-refractivity contribution in [3.8, 4) is 0 Å². The fraction of sp³-hybridized carbons (Fsp3) is 0.688. The molecule has 0 spiro atoms. The Morgan fingerprint density at radius 1 is 1.50 bits per heavy atom. The lowest BCUT2D eigenvalue weighted by Crippen LogP contribution is -2.57. The minimum absolute atomic E-state index is 0.133. The molecular weight excluding hydrogens is 250 g/mol. The molecule has 4 nitrogen and oxygen atoms in total. The number of rotatable bonds is 6. The van der Waals surface area contributed by atoms with Crippen molar-refractivity contribution in [1.29, 1.82) is 0 Å². The SMILES string of the molecule is CCOC1(C(Cc2cccnc2)NN)CCC(C)CC1. The average molecular weight is 277 g/mol. The molecule has 1 saturated carbocycles. The molecule has 2 rings (SSSR count). The van der Waals surface area contributed by atoms with Gasteiger partial charge in [-0.2, -0.15) is 0 Å². The Morgan fingerprint density at radius 2 is 2.25 bits per heavy atom. The highest BCUT2D eigenvalue weighted by atomic mass is 16.5. The third-order valence-corrected chi connectivity index (χ3v) is 4.55. The van der Waals surface area contributed by atoms with Crippen LogP contribution in [0.1, 0.15) is 45.1 Å². The second kappa shape index (κ2) is 7.16. The zero-order valence-corrected chi connectivity index (χ0v) is 12.6. The Balaban J connectivity index is 2.13. The van der Waals surface area contributed by atoms with Gasteiger partial charge in [-0.25, -0.2) is 0 Å². The van der Waals surface area contributed by atoms with E-state index in [1.807, 2.05) is 12.3 Å². The minimum atomic E-state index is -0.133. The molecule has 112 valence electrons. The van der Waals surface area contributed by atoms with E-state index in [0.717, 1.165) is 31.8 Å². The standard InChI is InChI=1S/C16H27N3O/c1-3-20-16(8-6-13(2)7-9-16)15(19-17)11-14-5-4-10-18-12-14/h4-5,10,12-13,15,19H,3,6-9,11,17H2,1-2H3. The van der Waals surface area contributed by atoms with Crippen molar-refractivity contribution in [3.63, 3.8) is 0 Å². The van der Waals surface area contributed by atoms with Gasteiger partial charge in [0, 0.05) is 19.0 Å². The van der Waals surface area contributed by atoms with Crippen LogP contribution in [0.4, 0.5) is 0 Å². The van der Waals surface area contributed by atoms with Crippen molar-refractivity contribution < 1.29 is 4.74 Å². The summed E-state index contributed by atoms with van der Waals surface area (Å²) in [5, 5.41) is 0. The molecule has 1 atom stereocenters. The van der Waals surface area contributed by atoms with Crippen LogP contribution in [0.2, 0.25) is 0 Å². The predicted molar refractivity (Wildman–Crippen MR) is 81.0 cm³/mol. The third-order valence-electron chi connectivity index (χ3n) is 4.55. The molecule has 0 amide bonds. The van der Waals surface area contributed by atoms with Gasteiger partial charge in [0.2, 0.25) is 0 Å².